The molecule has 0 atom stereocenters. The molecule has 0 radical (unpaired) electrons. The maximum atomic E-state index is 12.4. The molecule has 2 N–H and O–H groups in total. The molecule has 0 aliphatic heterocycles. The summed E-state index contributed by atoms with van der Waals surface area (Å²) in [5, 5.41) is 17.5. The fourth-order valence-corrected chi connectivity index (χ4v) is 1.74. The summed E-state index contributed by atoms with van der Waals surface area (Å²) in [6.45, 7) is 0.141. The summed E-state index contributed by atoms with van der Waals surface area (Å²) in [4.78, 5) is 1.51. The van der Waals surface area contributed by atoms with Crippen molar-refractivity contribution < 1.29 is 19.0 Å². The molecule has 5 heteroatoms. The number of hydrogen-bond donors (Lipinski definition) is 2. The average molecular weight is 283 g/mol. The molecule has 0 amide bonds. The molecule has 110 valence electrons. The highest BCUT2D eigenvalue weighted by molar-refractivity contribution is 5.36. The summed E-state index contributed by atoms with van der Waals surface area (Å²) in [6.07, 6.45) is -1.98. The number of halogens is 2. The molecular weight excluding hydrogens is 264 g/mol. The number of hydrogen-bond acceptors (Lipinski definition) is 3. The first kappa shape index (κ1) is 16.6. The number of aliphatic hydroxyl groups is 2. The monoisotopic (exact) mass is 283 g/mol. The second-order valence-electron chi connectivity index (χ2n) is 4.32. The van der Waals surface area contributed by atoms with Crippen molar-refractivity contribution in [2.75, 3.05) is 26.3 Å². The van der Waals surface area contributed by atoms with E-state index >= 15 is 0 Å². The lowest BCUT2D eigenvalue weighted by molar-refractivity contribution is 0.0746. The second kappa shape index (κ2) is 9.43. The van der Waals surface area contributed by atoms with Gasteiger partial charge in [0.25, 0.3) is 6.43 Å². The Kier molecular flexibility index (Phi) is 7.81. The van der Waals surface area contributed by atoms with E-state index in [2.05, 4.69) is 11.8 Å². The van der Waals surface area contributed by atoms with Crippen LogP contribution in [0.5, 0.6) is 0 Å². The van der Waals surface area contributed by atoms with Crippen molar-refractivity contribution in [1.29, 1.82) is 0 Å². The predicted molar refractivity (Wildman–Crippen MR) is 73.4 cm³/mol. The van der Waals surface area contributed by atoms with Crippen LogP contribution in [0.4, 0.5) is 8.78 Å². The number of rotatable bonds is 7. The summed E-state index contributed by atoms with van der Waals surface area (Å²) < 4.78 is 24.8. The van der Waals surface area contributed by atoms with Gasteiger partial charge in [-0.2, -0.15) is 0 Å². The molecule has 20 heavy (non-hydrogen) atoms. The van der Waals surface area contributed by atoms with Crippen molar-refractivity contribution in [2.24, 2.45) is 0 Å². The van der Waals surface area contributed by atoms with Crippen LogP contribution >= 0.6 is 0 Å². The van der Waals surface area contributed by atoms with Crippen molar-refractivity contribution in [3.8, 4) is 11.8 Å². The van der Waals surface area contributed by atoms with E-state index in [9.17, 15) is 8.78 Å². The first-order valence-electron chi connectivity index (χ1n) is 6.45. The molecule has 0 fully saturated rings. The van der Waals surface area contributed by atoms with E-state index in [1.165, 1.54) is 4.90 Å². The Morgan fingerprint density at radius 3 is 2.35 bits per heavy atom. The Labute approximate surface area is 117 Å². The largest absolute Gasteiger partial charge is 0.395 e. The molecule has 0 bridgehead atoms. The van der Waals surface area contributed by atoms with Crippen LogP contribution in [-0.2, 0) is 6.54 Å². The van der Waals surface area contributed by atoms with Gasteiger partial charge in [-0.15, -0.1) is 0 Å². The molecule has 1 aromatic carbocycles. The standard InChI is InChI=1S/C15H19F2NO2/c16-15(17)12-18(8-10-20)11-14-6-4-13(5-7-14)3-1-2-9-19/h4-7,15,19-20H,2,8-12H2. The van der Waals surface area contributed by atoms with Gasteiger partial charge in [0, 0.05) is 25.1 Å². The lowest BCUT2D eigenvalue weighted by atomic mass is 10.1. The minimum atomic E-state index is -2.41. The fourth-order valence-electron chi connectivity index (χ4n) is 1.74. The Hall–Kier alpha value is -1.48. The first-order valence-corrected chi connectivity index (χ1v) is 6.45. The molecule has 1 aromatic rings. The zero-order chi connectivity index (χ0) is 14.8. The van der Waals surface area contributed by atoms with Crippen molar-refractivity contribution in [1.82, 2.24) is 4.90 Å². The normalized spacial score (nSPS) is 10.7. The summed E-state index contributed by atoms with van der Waals surface area (Å²) in [6, 6.07) is 7.30. The summed E-state index contributed by atoms with van der Waals surface area (Å²) in [5.74, 6) is 5.72. The molecule has 0 saturated carbocycles. The predicted octanol–water partition coefficient (Wildman–Crippen LogP) is 1.48. The Balaban J connectivity index is 2.61. The van der Waals surface area contributed by atoms with Crippen molar-refractivity contribution in [3.63, 3.8) is 0 Å². The molecule has 0 saturated heterocycles. The van der Waals surface area contributed by atoms with Gasteiger partial charge in [0.05, 0.1) is 19.8 Å². The van der Waals surface area contributed by atoms with Crippen LogP contribution in [0.25, 0.3) is 0 Å². The maximum absolute atomic E-state index is 12.4. The third-order valence-corrected chi connectivity index (χ3v) is 2.64. The van der Waals surface area contributed by atoms with Gasteiger partial charge in [-0.25, -0.2) is 8.78 Å². The van der Waals surface area contributed by atoms with Crippen molar-refractivity contribution >= 4 is 0 Å². The summed E-state index contributed by atoms with van der Waals surface area (Å²) in [7, 11) is 0. The second-order valence-corrected chi connectivity index (χ2v) is 4.32. The Morgan fingerprint density at radius 1 is 1.10 bits per heavy atom. The lowest BCUT2D eigenvalue weighted by Gasteiger charge is -2.20. The van der Waals surface area contributed by atoms with E-state index in [0.29, 0.717) is 13.0 Å². The lowest BCUT2D eigenvalue weighted by Crippen LogP contribution is -2.31. The molecular formula is C15H19F2NO2. The van der Waals surface area contributed by atoms with Gasteiger partial charge in [-0.05, 0) is 17.7 Å². The third-order valence-electron chi connectivity index (χ3n) is 2.64. The van der Waals surface area contributed by atoms with E-state index in [1.54, 1.807) is 0 Å². The van der Waals surface area contributed by atoms with Crippen molar-refractivity contribution in [3.05, 3.63) is 35.4 Å². The smallest absolute Gasteiger partial charge is 0.251 e. The highest BCUT2D eigenvalue weighted by Gasteiger charge is 2.11. The quantitative estimate of drug-likeness (QED) is 0.745. The van der Waals surface area contributed by atoms with Gasteiger partial charge < -0.3 is 10.2 Å². The maximum Gasteiger partial charge on any atom is 0.251 e. The molecule has 0 spiro atoms. The van der Waals surface area contributed by atoms with E-state index in [0.717, 1.165) is 11.1 Å². The SMILES string of the molecule is OCCC#Cc1ccc(CN(CCO)CC(F)F)cc1. The van der Waals surface area contributed by atoms with E-state index in [-0.39, 0.29) is 26.3 Å². The van der Waals surface area contributed by atoms with Gasteiger partial charge >= 0.3 is 0 Å². The average Bonchev–Trinajstić information content (AvgIpc) is 2.40. The summed E-state index contributed by atoms with van der Waals surface area (Å²) >= 11 is 0. The number of aliphatic hydroxyl groups excluding tert-OH is 2. The van der Waals surface area contributed by atoms with Gasteiger partial charge in [0.15, 0.2) is 0 Å². The topological polar surface area (TPSA) is 43.7 Å². The number of benzene rings is 1. The Morgan fingerprint density at radius 2 is 1.80 bits per heavy atom. The highest BCUT2D eigenvalue weighted by atomic mass is 19.3. The fraction of sp³-hybridized carbons (Fsp3) is 0.467. The third kappa shape index (κ3) is 6.62. The zero-order valence-electron chi connectivity index (χ0n) is 11.2. The van der Waals surface area contributed by atoms with Crippen LogP contribution in [0.2, 0.25) is 0 Å². The molecule has 3 nitrogen and oxygen atoms in total. The van der Waals surface area contributed by atoms with E-state index in [4.69, 9.17) is 10.2 Å². The first-order chi connectivity index (χ1) is 9.65. The molecule has 1 rings (SSSR count). The molecule has 0 unspecified atom stereocenters. The van der Waals surface area contributed by atoms with Gasteiger partial charge in [-0.1, -0.05) is 24.0 Å². The Bertz CT molecular complexity index is 437. The van der Waals surface area contributed by atoms with E-state index in [1.807, 2.05) is 24.3 Å². The molecule has 0 heterocycles. The molecule has 0 aromatic heterocycles. The minimum absolute atomic E-state index is 0.0365. The van der Waals surface area contributed by atoms with Crippen LogP contribution in [0.1, 0.15) is 17.5 Å². The van der Waals surface area contributed by atoms with Crippen LogP contribution < -0.4 is 0 Å². The zero-order valence-corrected chi connectivity index (χ0v) is 11.2. The van der Waals surface area contributed by atoms with Crippen LogP contribution in [0.15, 0.2) is 24.3 Å². The van der Waals surface area contributed by atoms with Crippen LogP contribution in [-0.4, -0.2) is 47.8 Å². The highest BCUT2D eigenvalue weighted by Crippen LogP contribution is 2.08. The van der Waals surface area contributed by atoms with E-state index < -0.39 is 6.43 Å². The van der Waals surface area contributed by atoms with Gasteiger partial charge in [0.1, 0.15) is 0 Å². The van der Waals surface area contributed by atoms with Crippen molar-refractivity contribution in [2.45, 2.75) is 19.4 Å². The van der Waals surface area contributed by atoms with Gasteiger partial charge in [0.2, 0.25) is 0 Å². The van der Waals surface area contributed by atoms with Crippen LogP contribution in [0, 0.1) is 11.8 Å². The molecule has 0 aliphatic carbocycles. The minimum Gasteiger partial charge on any atom is -0.395 e. The number of nitrogens with zero attached hydrogens (tertiary/aromatic N) is 1. The number of alkyl halides is 2. The van der Waals surface area contributed by atoms with Gasteiger partial charge in [-0.3, -0.25) is 4.90 Å². The molecule has 0 aliphatic rings. The summed E-state index contributed by atoms with van der Waals surface area (Å²) in [5.41, 5.74) is 1.72. The van der Waals surface area contributed by atoms with Crippen LogP contribution in [0.3, 0.4) is 0 Å².